The van der Waals surface area contributed by atoms with Gasteiger partial charge in [0.25, 0.3) is 5.91 Å². The largest absolute Gasteiger partial charge is 0.480 e. The quantitative estimate of drug-likeness (QED) is 0.839. The van der Waals surface area contributed by atoms with Crippen molar-refractivity contribution in [2.24, 2.45) is 5.92 Å². The third-order valence-corrected chi connectivity index (χ3v) is 3.45. The van der Waals surface area contributed by atoms with Crippen molar-refractivity contribution >= 4 is 11.9 Å². The van der Waals surface area contributed by atoms with Crippen LogP contribution in [0.5, 0.6) is 0 Å². The van der Waals surface area contributed by atoms with Crippen LogP contribution in [0.15, 0.2) is 12.4 Å². The number of carbonyl (C=O) groups is 2. The maximum atomic E-state index is 12.2. The van der Waals surface area contributed by atoms with E-state index >= 15 is 0 Å². The second-order valence-corrected chi connectivity index (χ2v) is 5.00. The minimum Gasteiger partial charge on any atom is -0.480 e. The minimum atomic E-state index is -0.999. The number of rotatable bonds is 6. The van der Waals surface area contributed by atoms with Crippen LogP contribution < -0.4 is 0 Å². The number of aromatic nitrogens is 2. The van der Waals surface area contributed by atoms with Crippen molar-refractivity contribution in [2.75, 3.05) is 6.54 Å². The molecule has 104 valence electrons. The van der Waals surface area contributed by atoms with Crippen molar-refractivity contribution in [1.82, 2.24) is 14.7 Å². The molecule has 1 N–H and O–H groups in total. The molecule has 1 aromatic rings. The van der Waals surface area contributed by atoms with E-state index in [1.807, 2.05) is 0 Å². The second-order valence-electron chi connectivity index (χ2n) is 5.00. The van der Waals surface area contributed by atoms with E-state index in [9.17, 15) is 9.59 Å². The van der Waals surface area contributed by atoms with Gasteiger partial charge in [0.05, 0.1) is 11.8 Å². The first-order valence-electron chi connectivity index (χ1n) is 6.59. The molecule has 19 heavy (non-hydrogen) atoms. The van der Waals surface area contributed by atoms with Crippen LogP contribution in [0.1, 0.15) is 37.0 Å². The summed E-state index contributed by atoms with van der Waals surface area (Å²) >= 11 is 0. The molecule has 0 spiro atoms. The zero-order chi connectivity index (χ0) is 14.0. The van der Waals surface area contributed by atoms with E-state index in [0.29, 0.717) is 18.0 Å². The average molecular weight is 265 g/mol. The summed E-state index contributed by atoms with van der Waals surface area (Å²) in [6.07, 6.45) is 5.67. The van der Waals surface area contributed by atoms with Gasteiger partial charge in [0.15, 0.2) is 0 Å². The van der Waals surface area contributed by atoms with Gasteiger partial charge >= 0.3 is 5.97 Å². The Bertz CT molecular complexity index is 479. The smallest absolute Gasteiger partial charge is 0.326 e. The Labute approximate surface area is 112 Å². The predicted molar refractivity (Wildman–Crippen MR) is 68.8 cm³/mol. The third-order valence-electron chi connectivity index (χ3n) is 3.45. The lowest BCUT2D eigenvalue weighted by atomic mass is 10.2. The van der Waals surface area contributed by atoms with Gasteiger partial charge in [-0.25, -0.2) is 4.79 Å². The average Bonchev–Trinajstić information content (AvgIpc) is 3.05. The summed E-state index contributed by atoms with van der Waals surface area (Å²) in [6, 6.07) is -0.829. The first-order valence-corrected chi connectivity index (χ1v) is 6.59. The Morgan fingerprint density at radius 2 is 2.26 bits per heavy atom. The molecule has 1 amide bonds. The van der Waals surface area contributed by atoms with Gasteiger partial charge in [-0.1, -0.05) is 0 Å². The highest BCUT2D eigenvalue weighted by atomic mass is 16.4. The van der Waals surface area contributed by atoms with Crippen LogP contribution in [0.2, 0.25) is 0 Å². The van der Waals surface area contributed by atoms with E-state index in [1.165, 1.54) is 30.9 Å². The van der Waals surface area contributed by atoms with Gasteiger partial charge in [0.1, 0.15) is 6.04 Å². The van der Waals surface area contributed by atoms with Gasteiger partial charge in [-0.15, -0.1) is 0 Å². The fourth-order valence-corrected chi connectivity index (χ4v) is 2.03. The summed E-state index contributed by atoms with van der Waals surface area (Å²) in [6.45, 7) is 4.48. The molecule has 0 bridgehead atoms. The van der Waals surface area contributed by atoms with E-state index in [0.717, 1.165) is 6.54 Å². The standard InChI is InChI=1S/C13H19N3O3/c1-3-16(9(2)13(18)19)12(17)11-6-14-15(8-11)7-10-4-5-10/h6,8-10H,3-5,7H2,1-2H3,(H,18,19). The molecule has 2 rings (SSSR count). The van der Waals surface area contributed by atoms with Crippen molar-refractivity contribution in [3.8, 4) is 0 Å². The fourth-order valence-electron chi connectivity index (χ4n) is 2.03. The lowest BCUT2D eigenvalue weighted by molar-refractivity contribution is -0.141. The monoisotopic (exact) mass is 265 g/mol. The second kappa shape index (κ2) is 5.42. The van der Waals surface area contributed by atoms with E-state index in [4.69, 9.17) is 5.11 Å². The first kappa shape index (κ1) is 13.6. The summed E-state index contributed by atoms with van der Waals surface area (Å²) in [5, 5.41) is 13.2. The molecule has 1 saturated carbocycles. The number of hydrogen-bond donors (Lipinski definition) is 1. The molecule has 1 heterocycles. The molecule has 0 aliphatic heterocycles. The fraction of sp³-hybridized carbons (Fsp3) is 0.615. The molecule has 6 nitrogen and oxygen atoms in total. The van der Waals surface area contributed by atoms with E-state index in [2.05, 4.69) is 5.10 Å². The van der Waals surface area contributed by atoms with Crippen molar-refractivity contribution in [2.45, 2.75) is 39.3 Å². The van der Waals surface area contributed by atoms with Crippen LogP contribution in [0.4, 0.5) is 0 Å². The highest BCUT2D eigenvalue weighted by Crippen LogP contribution is 2.30. The molecule has 0 saturated heterocycles. The SMILES string of the molecule is CCN(C(=O)c1cnn(CC2CC2)c1)C(C)C(=O)O. The van der Waals surface area contributed by atoms with Crippen LogP contribution in [-0.2, 0) is 11.3 Å². The summed E-state index contributed by atoms with van der Waals surface area (Å²) in [5.74, 6) is -0.594. The number of carboxylic acids is 1. The van der Waals surface area contributed by atoms with Crippen molar-refractivity contribution in [3.05, 3.63) is 18.0 Å². The van der Waals surface area contributed by atoms with Crippen LogP contribution in [0.25, 0.3) is 0 Å². The summed E-state index contributed by atoms with van der Waals surface area (Å²) in [7, 11) is 0. The molecular weight excluding hydrogens is 246 g/mol. The number of carbonyl (C=O) groups excluding carboxylic acids is 1. The molecule has 1 aliphatic rings. The van der Waals surface area contributed by atoms with Gasteiger partial charge in [0, 0.05) is 19.3 Å². The number of likely N-dealkylation sites (N-methyl/N-ethyl adjacent to an activating group) is 1. The Kier molecular flexibility index (Phi) is 3.87. The molecule has 1 aromatic heterocycles. The summed E-state index contributed by atoms with van der Waals surface area (Å²) in [5.41, 5.74) is 0.454. The maximum Gasteiger partial charge on any atom is 0.326 e. The number of aliphatic carboxylic acids is 1. The third kappa shape index (κ3) is 3.13. The van der Waals surface area contributed by atoms with Crippen LogP contribution in [0, 0.1) is 5.92 Å². The van der Waals surface area contributed by atoms with Gasteiger partial charge < -0.3 is 10.0 Å². The number of nitrogens with zero attached hydrogens (tertiary/aromatic N) is 3. The summed E-state index contributed by atoms with van der Waals surface area (Å²) in [4.78, 5) is 24.6. The van der Waals surface area contributed by atoms with Crippen LogP contribution in [0.3, 0.4) is 0 Å². The molecule has 1 atom stereocenters. The lowest BCUT2D eigenvalue weighted by Gasteiger charge is -2.24. The van der Waals surface area contributed by atoms with Crippen molar-refractivity contribution < 1.29 is 14.7 Å². The van der Waals surface area contributed by atoms with Crippen LogP contribution in [-0.4, -0.2) is 44.3 Å². The molecule has 1 fully saturated rings. The molecule has 0 aromatic carbocycles. The Morgan fingerprint density at radius 3 is 2.79 bits per heavy atom. The topological polar surface area (TPSA) is 75.4 Å². The van der Waals surface area contributed by atoms with E-state index in [1.54, 1.807) is 17.8 Å². The lowest BCUT2D eigenvalue weighted by Crippen LogP contribution is -2.43. The van der Waals surface area contributed by atoms with E-state index in [-0.39, 0.29) is 5.91 Å². The van der Waals surface area contributed by atoms with Gasteiger partial charge in [-0.3, -0.25) is 9.48 Å². The van der Waals surface area contributed by atoms with Crippen LogP contribution >= 0.6 is 0 Å². The van der Waals surface area contributed by atoms with E-state index < -0.39 is 12.0 Å². The number of hydrogen-bond acceptors (Lipinski definition) is 3. The van der Waals surface area contributed by atoms with Gasteiger partial charge in [-0.05, 0) is 32.6 Å². The molecule has 0 radical (unpaired) electrons. The molecule has 1 aliphatic carbocycles. The van der Waals surface area contributed by atoms with Crippen molar-refractivity contribution in [3.63, 3.8) is 0 Å². The van der Waals surface area contributed by atoms with Gasteiger partial charge in [-0.2, -0.15) is 5.10 Å². The molecule has 6 heteroatoms. The Morgan fingerprint density at radius 1 is 1.58 bits per heavy atom. The summed E-state index contributed by atoms with van der Waals surface area (Å²) < 4.78 is 1.77. The normalized spacial score (nSPS) is 16.1. The number of carboxylic acid groups (broad SMARTS) is 1. The number of amides is 1. The predicted octanol–water partition coefficient (Wildman–Crippen LogP) is 1.23. The highest BCUT2D eigenvalue weighted by Gasteiger charge is 2.27. The highest BCUT2D eigenvalue weighted by molar-refractivity contribution is 5.96. The first-order chi connectivity index (χ1) is 9.02. The molecule has 1 unspecified atom stereocenters. The zero-order valence-corrected chi connectivity index (χ0v) is 11.2. The zero-order valence-electron chi connectivity index (χ0n) is 11.2. The minimum absolute atomic E-state index is 0.278. The Balaban J connectivity index is 2.07. The maximum absolute atomic E-state index is 12.2. The molecular formula is C13H19N3O3. The Hall–Kier alpha value is -1.85. The van der Waals surface area contributed by atoms with Gasteiger partial charge in [0.2, 0.25) is 0 Å². The van der Waals surface area contributed by atoms with Crippen molar-refractivity contribution in [1.29, 1.82) is 0 Å².